The molecule has 1 aromatic carbocycles. The maximum absolute atomic E-state index is 13.2. The van der Waals surface area contributed by atoms with Gasteiger partial charge in [0.2, 0.25) is 0 Å². The molecule has 0 fully saturated rings. The van der Waals surface area contributed by atoms with Crippen molar-refractivity contribution in [2.75, 3.05) is 20.3 Å². The first-order valence-corrected chi connectivity index (χ1v) is 6.17. The molecular formula is C14H22FNO. The Morgan fingerprint density at radius 3 is 2.76 bits per heavy atom. The predicted octanol–water partition coefficient (Wildman–Crippen LogP) is 3.21. The van der Waals surface area contributed by atoms with E-state index in [1.54, 1.807) is 14.0 Å². The molecule has 0 saturated carbocycles. The van der Waals surface area contributed by atoms with E-state index in [0.717, 1.165) is 24.9 Å². The van der Waals surface area contributed by atoms with E-state index in [0.29, 0.717) is 12.2 Å². The smallest absolute Gasteiger partial charge is 0.126 e. The summed E-state index contributed by atoms with van der Waals surface area (Å²) in [5, 5.41) is 3.46. The molecule has 2 nitrogen and oxygen atoms in total. The van der Waals surface area contributed by atoms with Gasteiger partial charge in [-0.3, -0.25) is 0 Å². The highest BCUT2D eigenvalue weighted by Gasteiger charge is 2.11. The first-order valence-electron chi connectivity index (χ1n) is 6.17. The molecule has 0 aliphatic heterocycles. The van der Waals surface area contributed by atoms with Gasteiger partial charge in [0.25, 0.3) is 0 Å². The lowest BCUT2D eigenvalue weighted by molar-refractivity contribution is 0.183. The number of methoxy groups -OCH3 is 1. The van der Waals surface area contributed by atoms with Gasteiger partial charge in [-0.2, -0.15) is 0 Å². The Bertz CT molecular complexity index is 333. The summed E-state index contributed by atoms with van der Waals surface area (Å²) in [5.41, 5.74) is 1.83. The third-order valence-corrected chi connectivity index (χ3v) is 2.84. The molecule has 0 heterocycles. The Balaban J connectivity index is 2.75. The van der Waals surface area contributed by atoms with Crippen LogP contribution in [0.5, 0.6) is 0 Å². The molecule has 1 unspecified atom stereocenters. The van der Waals surface area contributed by atoms with E-state index in [2.05, 4.69) is 12.2 Å². The van der Waals surface area contributed by atoms with E-state index in [-0.39, 0.29) is 11.9 Å². The first kappa shape index (κ1) is 14.1. The molecule has 0 aliphatic carbocycles. The van der Waals surface area contributed by atoms with Crippen molar-refractivity contribution in [3.05, 3.63) is 35.1 Å². The van der Waals surface area contributed by atoms with Gasteiger partial charge in [-0.25, -0.2) is 4.39 Å². The lowest BCUT2D eigenvalue weighted by Crippen LogP contribution is -2.23. The quantitative estimate of drug-likeness (QED) is 0.789. The van der Waals surface area contributed by atoms with Crippen molar-refractivity contribution >= 4 is 0 Å². The number of benzene rings is 1. The van der Waals surface area contributed by atoms with E-state index in [1.807, 2.05) is 12.1 Å². The van der Waals surface area contributed by atoms with Crippen LogP contribution in [0.3, 0.4) is 0 Å². The van der Waals surface area contributed by atoms with Crippen molar-refractivity contribution in [3.8, 4) is 0 Å². The predicted molar refractivity (Wildman–Crippen MR) is 68.7 cm³/mol. The van der Waals surface area contributed by atoms with Crippen LogP contribution in [0.2, 0.25) is 0 Å². The van der Waals surface area contributed by atoms with E-state index in [4.69, 9.17) is 4.74 Å². The van der Waals surface area contributed by atoms with Crippen LogP contribution in [-0.4, -0.2) is 20.3 Å². The van der Waals surface area contributed by atoms with Crippen LogP contribution >= 0.6 is 0 Å². The van der Waals surface area contributed by atoms with Crippen molar-refractivity contribution in [2.24, 2.45) is 0 Å². The minimum Gasteiger partial charge on any atom is -0.385 e. The molecule has 0 aromatic heterocycles. The van der Waals surface area contributed by atoms with Crippen molar-refractivity contribution in [1.82, 2.24) is 5.32 Å². The number of rotatable bonds is 7. The highest BCUT2D eigenvalue weighted by Crippen LogP contribution is 2.19. The second-order valence-corrected chi connectivity index (χ2v) is 4.30. The monoisotopic (exact) mass is 239 g/mol. The zero-order chi connectivity index (χ0) is 12.7. The fourth-order valence-electron chi connectivity index (χ4n) is 1.83. The number of ether oxygens (including phenoxy) is 1. The SMILES string of the molecule is CCCNC(CCOC)c1ccc(F)c(C)c1. The second kappa shape index (κ2) is 7.41. The average Bonchev–Trinajstić information content (AvgIpc) is 2.33. The van der Waals surface area contributed by atoms with E-state index < -0.39 is 0 Å². The Hall–Kier alpha value is -0.930. The number of halogens is 1. The summed E-state index contributed by atoms with van der Waals surface area (Å²) in [5.74, 6) is -0.144. The van der Waals surface area contributed by atoms with Gasteiger partial charge < -0.3 is 10.1 Å². The van der Waals surface area contributed by atoms with Crippen molar-refractivity contribution in [3.63, 3.8) is 0 Å². The second-order valence-electron chi connectivity index (χ2n) is 4.30. The molecule has 1 atom stereocenters. The van der Waals surface area contributed by atoms with E-state index in [1.165, 1.54) is 6.07 Å². The molecule has 0 radical (unpaired) electrons. The van der Waals surface area contributed by atoms with E-state index >= 15 is 0 Å². The summed E-state index contributed by atoms with van der Waals surface area (Å²) in [4.78, 5) is 0. The Labute approximate surface area is 103 Å². The molecule has 0 spiro atoms. The zero-order valence-corrected chi connectivity index (χ0v) is 10.9. The number of hydrogen-bond acceptors (Lipinski definition) is 2. The summed E-state index contributed by atoms with van der Waals surface area (Å²) >= 11 is 0. The summed E-state index contributed by atoms with van der Waals surface area (Å²) < 4.78 is 18.3. The van der Waals surface area contributed by atoms with Gasteiger partial charge in [0, 0.05) is 19.8 Å². The molecular weight excluding hydrogens is 217 g/mol. The topological polar surface area (TPSA) is 21.3 Å². The molecule has 17 heavy (non-hydrogen) atoms. The van der Waals surface area contributed by atoms with Crippen LogP contribution < -0.4 is 5.32 Å². The van der Waals surface area contributed by atoms with Crippen LogP contribution in [0.1, 0.15) is 36.9 Å². The van der Waals surface area contributed by atoms with E-state index in [9.17, 15) is 4.39 Å². The van der Waals surface area contributed by atoms with Gasteiger partial charge >= 0.3 is 0 Å². The standard InChI is InChI=1S/C14H22FNO/c1-4-8-16-14(7-9-17-3)12-5-6-13(15)11(2)10-12/h5-6,10,14,16H,4,7-9H2,1-3H3. The van der Waals surface area contributed by atoms with Crippen LogP contribution in [0.15, 0.2) is 18.2 Å². The van der Waals surface area contributed by atoms with Gasteiger partial charge in [0.05, 0.1) is 0 Å². The molecule has 0 saturated heterocycles. The highest BCUT2D eigenvalue weighted by atomic mass is 19.1. The normalized spacial score (nSPS) is 12.7. The van der Waals surface area contributed by atoms with Crippen LogP contribution in [-0.2, 0) is 4.74 Å². The third kappa shape index (κ3) is 4.44. The molecule has 96 valence electrons. The Kier molecular flexibility index (Phi) is 6.16. The lowest BCUT2D eigenvalue weighted by atomic mass is 10.0. The third-order valence-electron chi connectivity index (χ3n) is 2.84. The van der Waals surface area contributed by atoms with Gasteiger partial charge in [0.1, 0.15) is 5.82 Å². The van der Waals surface area contributed by atoms with Crippen LogP contribution in [0.4, 0.5) is 4.39 Å². The fraction of sp³-hybridized carbons (Fsp3) is 0.571. The summed E-state index contributed by atoms with van der Waals surface area (Å²) in [6.07, 6.45) is 1.99. The van der Waals surface area contributed by atoms with Gasteiger partial charge in [-0.15, -0.1) is 0 Å². The Morgan fingerprint density at radius 1 is 1.41 bits per heavy atom. The maximum Gasteiger partial charge on any atom is 0.126 e. The van der Waals surface area contributed by atoms with Crippen molar-refractivity contribution in [2.45, 2.75) is 32.7 Å². The Morgan fingerprint density at radius 2 is 2.18 bits per heavy atom. The highest BCUT2D eigenvalue weighted by molar-refractivity contribution is 5.26. The average molecular weight is 239 g/mol. The van der Waals surface area contributed by atoms with Gasteiger partial charge in [-0.05, 0) is 43.5 Å². The number of nitrogens with one attached hydrogen (secondary N) is 1. The zero-order valence-electron chi connectivity index (χ0n) is 10.9. The van der Waals surface area contributed by atoms with Gasteiger partial charge in [-0.1, -0.05) is 19.1 Å². The van der Waals surface area contributed by atoms with Crippen LogP contribution in [0, 0.1) is 12.7 Å². The summed E-state index contributed by atoms with van der Waals surface area (Å²) in [7, 11) is 1.70. The number of hydrogen-bond donors (Lipinski definition) is 1. The lowest BCUT2D eigenvalue weighted by Gasteiger charge is -2.19. The minimum absolute atomic E-state index is 0.144. The number of aryl methyl sites for hydroxylation is 1. The molecule has 0 amide bonds. The maximum atomic E-state index is 13.2. The van der Waals surface area contributed by atoms with Crippen molar-refractivity contribution in [1.29, 1.82) is 0 Å². The molecule has 1 rings (SSSR count). The largest absolute Gasteiger partial charge is 0.385 e. The van der Waals surface area contributed by atoms with Crippen LogP contribution in [0.25, 0.3) is 0 Å². The fourth-order valence-corrected chi connectivity index (χ4v) is 1.83. The molecule has 1 aromatic rings. The first-order chi connectivity index (χ1) is 8.19. The minimum atomic E-state index is -0.144. The van der Waals surface area contributed by atoms with Crippen molar-refractivity contribution < 1.29 is 9.13 Å². The molecule has 1 N–H and O–H groups in total. The summed E-state index contributed by atoms with van der Waals surface area (Å²) in [6.45, 7) is 5.60. The van der Waals surface area contributed by atoms with Gasteiger partial charge in [0.15, 0.2) is 0 Å². The molecule has 0 bridgehead atoms. The molecule has 3 heteroatoms. The summed E-state index contributed by atoms with van der Waals surface area (Å²) in [6, 6.07) is 5.55. The molecule has 0 aliphatic rings.